The van der Waals surface area contributed by atoms with Crippen molar-refractivity contribution in [3.8, 4) is 66.8 Å². The topological polar surface area (TPSA) is 32.8 Å². The molecule has 0 aliphatic carbocycles. The second-order valence-electron chi connectivity index (χ2n) is 20.9. The fraction of sp³-hybridized carbons (Fsp3) is 0. The standard InChI is InChI=1S/C78H51ClN2O2/c79-58-49-61(80(77-65(52-21-5-1-6-22-52)33-17-34-66(77)53-23-7-2-8-24-53)59-45-41-56(42-46-59)63-31-19-39-73-75(63)69-29-13-15-37-71(69)82-73)51-62(50-58)81(78-67(54-25-9-3-10-26-54)35-18-36-68(78)55-27-11-4-12-28-55)60-47-43-57(44-48-60)64-32-20-40-74-76(64)70-30-14-16-38-72(70)83-74/h1-51H. The molecular weight excluding hydrogens is 1030 g/mol. The molecule has 0 N–H and O–H groups in total. The number of para-hydroxylation sites is 4. The maximum Gasteiger partial charge on any atom is 0.136 e. The fourth-order valence-corrected chi connectivity index (χ4v) is 12.4. The van der Waals surface area contributed by atoms with Crippen LogP contribution in [-0.2, 0) is 0 Å². The molecule has 0 saturated heterocycles. The lowest BCUT2D eigenvalue weighted by Crippen LogP contribution is -2.16. The van der Waals surface area contributed by atoms with E-state index in [9.17, 15) is 0 Å². The van der Waals surface area contributed by atoms with Gasteiger partial charge in [-0.05, 0) is 111 Å². The molecule has 0 amide bonds. The minimum absolute atomic E-state index is 0.578. The quantitative estimate of drug-likeness (QED) is 0.122. The number of fused-ring (bicyclic) bond motifs is 6. The van der Waals surface area contributed by atoms with Gasteiger partial charge >= 0.3 is 0 Å². The number of hydrogen-bond donors (Lipinski definition) is 0. The van der Waals surface area contributed by atoms with Crippen LogP contribution in [0.15, 0.2) is 318 Å². The summed E-state index contributed by atoms with van der Waals surface area (Å²) in [4.78, 5) is 4.80. The Hall–Kier alpha value is -10.7. The molecule has 0 bridgehead atoms. The monoisotopic (exact) mass is 1080 g/mol. The van der Waals surface area contributed by atoms with Crippen LogP contribution in [0.5, 0.6) is 0 Å². The van der Waals surface area contributed by atoms with Crippen molar-refractivity contribution in [2.24, 2.45) is 0 Å². The first kappa shape index (κ1) is 49.4. The average Bonchev–Trinajstić information content (AvgIpc) is 4.36. The van der Waals surface area contributed by atoms with Crippen molar-refractivity contribution in [2.45, 2.75) is 0 Å². The molecule has 5 heteroatoms. The summed E-state index contributed by atoms with van der Waals surface area (Å²) in [6.45, 7) is 0. The molecule has 2 heterocycles. The molecule has 392 valence electrons. The molecule has 0 radical (unpaired) electrons. The Labute approximate surface area is 486 Å². The van der Waals surface area contributed by atoms with Crippen LogP contribution in [0.2, 0.25) is 5.02 Å². The van der Waals surface area contributed by atoms with Gasteiger partial charge in [-0.2, -0.15) is 0 Å². The van der Waals surface area contributed by atoms with E-state index in [0.717, 1.165) is 145 Å². The van der Waals surface area contributed by atoms with E-state index in [2.05, 4.69) is 295 Å². The van der Waals surface area contributed by atoms with Crippen molar-refractivity contribution in [2.75, 3.05) is 9.80 Å². The van der Waals surface area contributed by atoms with Crippen LogP contribution in [0.25, 0.3) is 111 Å². The van der Waals surface area contributed by atoms with E-state index < -0.39 is 0 Å². The molecule has 15 aromatic rings. The second kappa shape index (κ2) is 21.1. The first-order valence-electron chi connectivity index (χ1n) is 28.0. The molecule has 0 atom stereocenters. The maximum absolute atomic E-state index is 7.74. The highest BCUT2D eigenvalue weighted by atomic mass is 35.5. The third kappa shape index (κ3) is 8.99. The average molecular weight is 1080 g/mol. The van der Waals surface area contributed by atoms with Crippen LogP contribution in [0.3, 0.4) is 0 Å². The van der Waals surface area contributed by atoms with Crippen LogP contribution >= 0.6 is 11.6 Å². The predicted octanol–water partition coefficient (Wildman–Crippen LogP) is 23.1. The van der Waals surface area contributed by atoms with Gasteiger partial charge < -0.3 is 18.6 Å². The smallest absolute Gasteiger partial charge is 0.136 e. The van der Waals surface area contributed by atoms with Gasteiger partial charge in [-0.15, -0.1) is 0 Å². The number of hydrogen-bond acceptors (Lipinski definition) is 4. The Morgan fingerprint density at radius 3 is 0.880 bits per heavy atom. The van der Waals surface area contributed by atoms with E-state index in [-0.39, 0.29) is 0 Å². The summed E-state index contributed by atoms with van der Waals surface area (Å²) in [5.74, 6) is 0. The summed E-state index contributed by atoms with van der Waals surface area (Å²) < 4.78 is 12.8. The highest BCUT2D eigenvalue weighted by Crippen LogP contribution is 2.52. The predicted molar refractivity (Wildman–Crippen MR) is 348 cm³/mol. The van der Waals surface area contributed by atoms with E-state index in [0.29, 0.717) is 5.02 Å². The number of halogens is 1. The van der Waals surface area contributed by atoms with Gasteiger partial charge in [-0.3, -0.25) is 0 Å². The van der Waals surface area contributed by atoms with Crippen molar-refractivity contribution < 1.29 is 8.83 Å². The van der Waals surface area contributed by atoms with Crippen LogP contribution in [0, 0.1) is 0 Å². The van der Waals surface area contributed by atoms with Crippen molar-refractivity contribution in [3.05, 3.63) is 314 Å². The summed E-state index contributed by atoms with van der Waals surface area (Å²) >= 11 is 7.74. The van der Waals surface area contributed by atoms with E-state index in [1.807, 2.05) is 24.3 Å². The van der Waals surface area contributed by atoms with Gasteiger partial charge in [-0.25, -0.2) is 0 Å². The largest absolute Gasteiger partial charge is 0.456 e. The van der Waals surface area contributed by atoms with Gasteiger partial charge in [0, 0.05) is 71.6 Å². The number of rotatable bonds is 12. The zero-order valence-electron chi connectivity index (χ0n) is 45.0. The highest BCUT2D eigenvalue weighted by Gasteiger charge is 2.27. The number of furan rings is 2. The molecule has 4 nitrogen and oxygen atoms in total. The van der Waals surface area contributed by atoms with Gasteiger partial charge in [0.2, 0.25) is 0 Å². The Morgan fingerprint density at radius 2 is 0.518 bits per heavy atom. The van der Waals surface area contributed by atoms with Crippen LogP contribution in [0.4, 0.5) is 34.1 Å². The van der Waals surface area contributed by atoms with E-state index >= 15 is 0 Å². The molecule has 0 fully saturated rings. The minimum Gasteiger partial charge on any atom is -0.456 e. The zero-order valence-corrected chi connectivity index (χ0v) is 45.8. The summed E-state index contributed by atoms with van der Waals surface area (Å²) in [7, 11) is 0. The van der Waals surface area contributed by atoms with Gasteiger partial charge in [0.15, 0.2) is 0 Å². The number of benzene rings is 13. The number of nitrogens with zero attached hydrogens (tertiary/aromatic N) is 2. The molecule has 0 aliphatic heterocycles. The normalized spacial score (nSPS) is 11.4. The lowest BCUT2D eigenvalue weighted by molar-refractivity contribution is 0.668. The van der Waals surface area contributed by atoms with Crippen molar-refractivity contribution in [1.82, 2.24) is 0 Å². The van der Waals surface area contributed by atoms with E-state index in [1.54, 1.807) is 0 Å². The SMILES string of the molecule is Clc1cc(N(c2ccc(-c3cccc4oc5ccccc5c34)cc2)c2c(-c3ccccc3)cccc2-c2ccccc2)cc(N(c2ccc(-c3cccc4oc5ccccc5c34)cc2)c2c(-c3ccccc3)cccc2-c2ccccc2)c1. The lowest BCUT2D eigenvalue weighted by Gasteiger charge is -2.34. The summed E-state index contributed by atoms with van der Waals surface area (Å²) in [6, 6.07) is 110. The van der Waals surface area contributed by atoms with Gasteiger partial charge in [0.05, 0.1) is 11.4 Å². The fourth-order valence-electron chi connectivity index (χ4n) is 12.2. The Kier molecular flexibility index (Phi) is 12.6. The Balaban J connectivity index is 0.982. The van der Waals surface area contributed by atoms with Gasteiger partial charge in [0.25, 0.3) is 0 Å². The molecule has 13 aromatic carbocycles. The first-order valence-corrected chi connectivity index (χ1v) is 28.4. The first-order chi connectivity index (χ1) is 41.1. The van der Waals surface area contributed by atoms with Crippen LogP contribution < -0.4 is 9.80 Å². The number of anilines is 6. The summed E-state index contributed by atoms with van der Waals surface area (Å²) in [6.07, 6.45) is 0. The third-order valence-corrected chi connectivity index (χ3v) is 16.1. The van der Waals surface area contributed by atoms with Crippen molar-refractivity contribution in [1.29, 1.82) is 0 Å². The van der Waals surface area contributed by atoms with Crippen molar-refractivity contribution >= 4 is 89.6 Å². The van der Waals surface area contributed by atoms with Gasteiger partial charge in [-0.1, -0.05) is 254 Å². The molecule has 0 unspecified atom stereocenters. The lowest BCUT2D eigenvalue weighted by atomic mass is 9.93. The molecule has 0 spiro atoms. The van der Waals surface area contributed by atoms with Crippen molar-refractivity contribution in [3.63, 3.8) is 0 Å². The van der Waals surface area contributed by atoms with E-state index in [4.69, 9.17) is 20.4 Å². The van der Waals surface area contributed by atoms with Gasteiger partial charge in [0.1, 0.15) is 22.3 Å². The summed E-state index contributed by atoms with van der Waals surface area (Å²) in [5, 5.41) is 4.95. The molecule has 0 saturated carbocycles. The highest BCUT2D eigenvalue weighted by molar-refractivity contribution is 6.31. The summed E-state index contributed by atoms with van der Waals surface area (Å²) in [5.41, 5.74) is 22.2. The van der Waals surface area contributed by atoms with E-state index in [1.165, 1.54) is 0 Å². The minimum atomic E-state index is 0.578. The van der Waals surface area contributed by atoms with Crippen LogP contribution in [-0.4, -0.2) is 0 Å². The van der Waals surface area contributed by atoms with Crippen LogP contribution in [0.1, 0.15) is 0 Å². The molecular formula is C78H51ClN2O2. The zero-order chi connectivity index (χ0) is 55.2. The molecule has 15 rings (SSSR count). The molecule has 2 aromatic heterocycles. The maximum atomic E-state index is 7.74. The second-order valence-corrected chi connectivity index (χ2v) is 21.3. The Morgan fingerprint density at radius 1 is 0.229 bits per heavy atom. The molecule has 0 aliphatic rings. The third-order valence-electron chi connectivity index (χ3n) is 15.9. The Bertz CT molecular complexity index is 4420. The molecule has 83 heavy (non-hydrogen) atoms.